The van der Waals surface area contributed by atoms with Crippen molar-refractivity contribution < 1.29 is 19.2 Å². The number of rotatable bonds is 5. The van der Waals surface area contributed by atoms with Gasteiger partial charge < -0.3 is 19.4 Å². The van der Waals surface area contributed by atoms with Crippen LogP contribution in [0.1, 0.15) is 19.8 Å². The molecule has 1 N–H and O–H groups in total. The summed E-state index contributed by atoms with van der Waals surface area (Å²) < 4.78 is 5.43. The zero-order valence-electron chi connectivity index (χ0n) is 14.3. The first-order valence-electron chi connectivity index (χ1n) is 8.82. The van der Waals surface area contributed by atoms with Crippen molar-refractivity contribution in [3.05, 3.63) is 24.3 Å². The SMILES string of the molecule is CCC[NH+]1CCN(C(=O)CCN2C(=O)COc3ccccc32)CC1. The maximum Gasteiger partial charge on any atom is 0.265 e. The molecule has 0 unspecified atom stereocenters. The van der Waals surface area contributed by atoms with Crippen LogP contribution in [0.3, 0.4) is 0 Å². The fourth-order valence-electron chi connectivity index (χ4n) is 3.44. The van der Waals surface area contributed by atoms with Gasteiger partial charge in [-0.3, -0.25) is 9.59 Å². The van der Waals surface area contributed by atoms with Crippen molar-refractivity contribution in [2.45, 2.75) is 19.8 Å². The normalized spacial score (nSPS) is 18.3. The minimum Gasteiger partial charge on any atom is -0.482 e. The van der Waals surface area contributed by atoms with Crippen LogP contribution in [-0.4, -0.2) is 62.6 Å². The number of amides is 2. The van der Waals surface area contributed by atoms with Gasteiger partial charge in [-0.25, -0.2) is 0 Å². The Morgan fingerprint density at radius 3 is 2.75 bits per heavy atom. The van der Waals surface area contributed by atoms with Crippen LogP contribution in [0, 0.1) is 0 Å². The Hall–Kier alpha value is -2.08. The Bertz CT molecular complexity index is 597. The van der Waals surface area contributed by atoms with Gasteiger partial charge in [0.2, 0.25) is 5.91 Å². The molecule has 1 aromatic rings. The summed E-state index contributed by atoms with van der Waals surface area (Å²) in [5.41, 5.74) is 0.763. The molecule has 0 saturated carbocycles. The monoisotopic (exact) mass is 332 g/mol. The Morgan fingerprint density at radius 2 is 2.00 bits per heavy atom. The highest BCUT2D eigenvalue weighted by Crippen LogP contribution is 2.31. The van der Waals surface area contributed by atoms with Crippen LogP contribution in [0.2, 0.25) is 0 Å². The van der Waals surface area contributed by atoms with Crippen LogP contribution in [0.4, 0.5) is 5.69 Å². The van der Waals surface area contributed by atoms with Crippen molar-refractivity contribution in [1.29, 1.82) is 0 Å². The Kier molecular flexibility index (Phi) is 5.35. The zero-order chi connectivity index (χ0) is 16.9. The molecule has 0 bridgehead atoms. The predicted octanol–water partition coefficient (Wildman–Crippen LogP) is -0.0608. The van der Waals surface area contributed by atoms with Crippen LogP contribution in [0.5, 0.6) is 5.75 Å². The van der Waals surface area contributed by atoms with Crippen molar-refractivity contribution in [1.82, 2.24) is 4.90 Å². The fraction of sp³-hybridized carbons (Fsp3) is 0.556. The number of benzene rings is 1. The second kappa shape index (κ2) is 7.66. The lowest BCUT2D eigenvalue weighted by molar-refractivity contribution is -0.904. The molecule has 3 rings (SSSR count). The summed E-state index contributed by atoms with van der Waals surface area (Å²) in [6, 6.07) is 7.48. The number of carbonyl (C=O) groups excluding carboxylic acids is 2. The van der Waals surface area contributed by atoms with E-state index in [2.05, 4.69) is 6.92 Å². The lowest BCUT2D eigenvalue weighted by Crippen LogP contribution is -3.14. The van der Waals surface area contributed by atoms with Gasteiger partial charge in [-0.2, -0.15) is 0 Å². The highest BCUT2D eigenvalue weighted by atomic mass is 16.5. The fourth-order valence-corrected chi connectivity index (χ4v) is 3.44. The molecule has 0 radical (unpaired) electrons. The van der Waals surface area contributed by atoms with Gasteiger partial charge in [-0.15, -0.1) is 0 Å². The van der Waals surface area contributed by atoms with E-state index in [1.807, 2.05) is 29.2 Å². The van der Waals surface area contributed by atoms with Gasteiger partial charge in [-0.05, 0) is 18.6 Å². The number of hydrogen-bond donors (Lipinski definition) is 1. The number of fused-ring (bicyclic) bond motifs is 1. The first-order valence-corrected chi connectivity index (χ1v) is 8.82. The van der Waals surface area contributed by atoms with Crippen molar-refractivity contribution in [3.8, 4) is 5.75 Å². The molecule has 1 fully saturated rings. The molecule has 2 amide bonds. The minimum atomic E-state index is -0.0845. The summed E-state index contributed by atoms with van der Waals surface area (Å²) >= 11 is 0. The van der Waals surface area contributed by atoms with E-state index in [1.165, 1.54) is 13.0 Å². The van der Waals surface area contributed by atoms with Crippen molar-refractivity contribution in [2.24, 2.45) is 0 Å². The molecule has 1 aromatic carbocycles. The molecule has 0 aliphatic carbocycles. The molecule has 6 nitrogen and oxygen atoms in total. The third-order valence-electron chi connectivity index (χ3n) is 4.78. The highest BCUT2D eigenvalue weighted by Gasteiger charge is 2.27. The maximum absolute atomic E-state index is 12.5. The summed E-state index contributed by atoms with van der Waals surface area (Å²) in [6.45, 7) is 7.54. The molecule has 0 atom stereocenters. The molecule has 130 valence electrons. The Labute approximate surface area is 143 Å². The van der Waals surface area contributed by atoms with Gasteiger partial charge in [0.15, 0.2) is 6.61 Å². The van der Waals surface area contributed by atoms with Crippen LogP contribution in [0.15, 0.2) is 24.3 Å². The average Bonchev–Trinajstić information content (AvgIpc) is 2.61. The van der Waals surface area contributed by atoms with E-state index < -0.39 is 0 Å². The number of anilines is 1. The van der Waals surface area contributed by atoms with E-state index in [-0.39, 0.29) is 18.4 Å². The van der Waals surface area contributed by atoms with Gasteiger partial charge in [0.05, 0.1) is 38.4 Å². The lowest BCUT2D eigenvalue weighted by atomic mass is 10.2. The molecular formula is C18H26N3O3+. The lowest BCUT2D eigenvalue weighted by Gasteiger charge is -2.33. The summed E-state index contributed by atoms with van der Waals surface area (Å²) in [6.07, 6.45) is 1.55. The quantitative estimate of drug-likeness (QED) is 0.822. The van der Waals surface area contributed by atoms with Gasteiger partial charge in [0.25, 0.3) is 5.91 Å². The first kappa shape index (κ1) is 16.8. The minimum absolute atomic E-state index is 0.0459. The molecule has 0 spiro atoms. The van der Waals surface area contributed by atoms with Crippen molar-refractivity contribution in [2.75, 3.05) is 50.8 Å². The molecule has 0 aromatic heterocycles. The van der Waals surface area contributed by atoms with E-state index in [4.69, 9.17) is 4.74 Å². The zero-order valence-corrected chi connectivity index (χ0v) is 14.3. The largest absolute Gasteiger partial charge is 0.482 e. The van der Waals surface area contributed by atoms with Gasteiger partial charge >= 0.3 is 0 Å². The van der Waals surface area contributed by atoms with Crippen molar-refractivity contribution in [3.63, 3.8) is 0 Å². The van der Waals surface area contributed by atoms with Gasteiger partial charge in [0.1, 0.15) is 5.75 Å². The predicted molar refractivity (Wildman–Crippen MR) is 91.3 cm³/mol. The molecule has 2 aliphatic rings. The van der Waals surface area contributed by atoms with Gasteiger partial charge in [-0.1, -0.05) is 19.1 Å². The molecular weight excluding hydrogens is 306 g/mol. The number of piperazine rings is 1. The maximum atomic E-state index is 12.5. The number of carbonyl (C=O) groups is 2. The van der Waals surface area contributed by atoms with E-state index in [0.717, 1.165) is 31.9 Å². The van der Waals surface area contributed by atoms with E-state index >= 15 is 0 Å². The number of nitrogens with one attached hydrogen (secondary N) is 1. The number of nitrogens with zero attached hydrogens (tertiary/aromatic N) is 2. The smallest absolute Gasteiger partial charge is 0.265 e. The molecule has 6 heteroatoms. The first-order chi connectivity index (χ1) is 11.7. The second-order valence-electron chi connectivity index (χ2n) is 6.43. The van der Waals surface area contributed by atoms with Crippen molar-refractivity contribution >= 4 is 17.5 Å². The third-order valence-corrected chi connectivity index (χ3v) is 4.78. The highest BCUT2D eigenvalue weighted by molar-refractivity contribution is 5.98. The Morgan fingerprint density at radius 1 is 1.25 bits per heavy atom. The molecule has 24 heavy (non-hydrogen) atoms. The van der Waals surface area contributed by atoms with E-state index in [1.54, 1.807) is 9.80 Å². The molecule has 1 saturated heterocycles. The summed E-state index contributed by atoms with van der Waals surface area (Å²) in [5, 5.41) is 0. The number of quaternary nitrogens is 1. The number of ether oxygens (including phenoxy) is 1. The summed E-state index contributed by atoms with van der Waals surface area (Å²) in [4.78, 5) is 29.8. The van der Waals surface area contributed by atoms with Crippen LogP contribution < -0.4 is 14.5 Å². The number of hydrogen-bond acceptors (Lipinski definition) is 3. The standard InChI is InChI=1S/C18H25N3O3/c1-2-8-19-10-12-20(13-11-19)17(22)7-9-21-15-5-3-4-6-16(15)24-14-18(21)23/h3-6H,2,7-14H2,1H3/p+1. The van der Waals surface area contributed by atoms with Gasteiger partial charge in [0, 0.05) is 13.0 Å². The topological polar surface area (TPSA) is 54.3 Å². The summed E-state index contributed by atoms with van der Waals surface area (Å²) in [5.74, 6) is 0.766. The molecule has 2 aliphatic heterocycles. The Balaban J connectivity index is 1.54. The second-order valence-corrected chi connectivity index (χ2v) is 6.43. The number of para-hydroxylation sites is 2. The van der Waals surface area contributed by atoms with E-state index in [0.29, 0.717) is 18.7 Å². The van der Waals surface area contributed by atoms with Crippen LogP contribution in [-0.2, 0) is 9.59 Å². The average molecular weight is 332 g/mol. The van der Waals surface area contributed by atoms with E-state index in [9.17, 15) is 9.59 Å². The third kappa shape index (κ3) is 3.70. The summed E-state index contributed by atoms with van der Waals surface area (Å²) in [7, 11) is 0. The van der Waals surface area contributed by atoms with Crippen LogP contribution in [0.25, 0.3) is 0 Å². The van der Waals surface area contributed by atoms with Crippen LogP contribution >= 0.6 is 0 Å². The molecule has 2 heterocycles.